The Kier molecular flexibility index (Phi) is 8.32. The summed E-state index contributed by atoms with van der Waals surface area (Å²) < 4.78 is 87.1. The van der Waals surface area contributed by atoms with E-state index >= 15 is 0 Å². The third-order valence-corrected chi connectivity index (χ3v) is 5.27. The Labute approximate surface area is 207 Å². The second-order valence-electron chi connectivity index (χ2n) is 8.06. The maximum absolute atomic E-state index is 14.7. The van der Waals surface area contributed by atoms with Crippen molar-refractivity contribution in [2.45, 2.75) is 31.9 Å². The van der Waals surface area contributed by atoms with Gasteiger partial charge in [0.2, 0.25) is 5.78 Å². The lowest BCUT2D eigenvalue weighted by Crippen LogP contribution is -2.26. The van der Waals surface area contributed by atoms with Gasteiger partial charge in [0, 0.05) is 18.5 Å². The Morgan fingerprint density at radius 2 is 1.81 bits per heavy atom. The van der Waals surface area contributed by atoms with Crippen molar-refractivity contribution in [2.75, 3.05) is 23.8 Å². The van der Waals surface area contributed by atoms with Gasteiger partial charge in [0.1, 0.15) is 12.4 Å². The molecule has 3 rings (SSSR count). The first-order valence-electron chi connectivity index (χ1n) is 11.0. The monoisotopic (exact) mass is 528 g/mol. The van der Waals surface area contributed by atoms with Gasteiger partial charge in [-0.05, 0) is 54.0 Å². The second kappa shape index (κ2) is 11.1. The molecule has 198 valence electrons. The van der Waals surface area contributed by atoms with Crippen molar-refractivity contribution in [3.05, 3.63) is 76.8 Å². The van der Waals surface area contributed by atoms with E-state index in [9.17, 15) is 35.9 Å². The van der Waals surface area contributed by atoms with Gasteiger partial charge in [0.25, 0.3) is 5.92 Å². The van der Waals surface area contributed by atoms with Crippen molar-refractivity contribution >= 4 is 28.8 Å². The Morgan fingerprint density at radius 3 is 2.43 bits per heavy atom. The number of nitrogens with one attached hydrogen (secondary N) is 2. The lowest BCUT2D eigenvalue weighted by Gasteiger charge is -2.19. The van der Waals surface area contributed by atoms with Crippen LogP contribution in [0.1, 0.15) is 30.0 Å². The molecule has 0 unspecified atom stereocenters. The molecule has 2 aromatic rings. The van der Waals surface area contributed by atoms with E-state index in [4.69, 9.17) is 9.84 Å². The number of ether oxygens (including phenoxy) is 1. The number of hydrogen-bond acceptors (Lipinski definition) is 4. The molecule has 0 atom stereocenters. The first kappa shape index (κ1) is 27.8. The molecule has 1 aliphatic rings. The van der Waals surface area contributed by atoms with Crippen LogP contribution in [0.2, 0.25) is 0 Å². The predicted octanol–water partition coefficient (Wildman–Crippen LogP) is 5.94. The zero-order valence-corrected chi connectivity index (χ0v) is 19.4. The molecule has 0 radical (unpaired) electrons. The van der Waals surface area contributed by atoms with E-state index in [2.05, 4.69) is 10.6 Å². The molecule has 12 heteroatoms. The third kappa shape index (κ3) is 7.13. The molecule has 37 heavy (non-hydrogen) atoms. The predicted molar refractivity (Wildman–Crippen MR) is 124 cm³/mol. The fourth-order valence-electron chi connectivity index (χ4n) is 3.55. The lowest BCUT2D eigenvalue weighted by molar-refractivity contribution is -0.139. The van der Waals surface area contributed by atoms with E-state index in [1.807, 2.05) is 0 Å². The van der Waals surface area contributed by atoms with Gasteiger partial charge >= 0.3 is 12.2 Å². The first-order chi connectivity index (χ1) is 17.3. The Bertz CT molecular complexity index is 1250. The Balaban J connectivity index is 1.75. The minimum absolute atomic E-state index is 0.0710. The zero-order valence-electron chi connectivity index (χ0n) is 19.4. The highest BCUT2D eigenvalue weighted by molar-refractivity contribution is 6.02. The van der Waals surface area contributed by atoms with Crippen molar-refractivity contribution in [3.63, 3.8) is 0 Å². The number of carbonyl (C=O) groups excluding carboxylic acids is 2. The second-order valence-corrected chi connectivity index (χ2v) is 8.06. The Morgan fingerprint density at radius 1 is 1.08 bits per heavy atom. The molecule has 0 saturated heterocycles. The summed E-state index contributed by atoms with van der Waals surface area (Å²) in [6, 6.07) is 4.96. The van der Waals surface area contributed by atoms with Crippen LogP contribution in [0, 0.1) is 5.82 Å². The van der Waals surface area contributed by atoms with Gasteiger partial charge in [0.05, 0.1) is 17.9 Å². The number of aliphatic hydroxyl groups is 1. The topological polar surface area (TPSA) is 87.7 Å². The van der Waals surface area contributed by atoms with Gasteiger partial charge < -0.3 is 20.5 Å². The van der Waals surface area contributed by atoms with E-state index in [-0.39, 0.29) is 35.9 Å². The fourth-order valence-corrected chi connectivity index (χ4v) is 3.55. The third-order valence-electron chi connectivity index (χ3n) is 5.27. The molecule has 2 aromatic carbocycles. The fraction of sp³-hybridized carbons (Fsp3) is 0.280. The zero-order chi connectivity index (χ0) is 27.4. The summed E-state index contributed by atoms with van der Waals surface area (Å²) in [6.45, 7) is 0.362. The average Bonchev–Trinajstić information content (AvgIpc) is 2.82. The van der Waals surface area contributed by atoms with E-state index < -0.39 is 48.1 Å². The minimum Gasteiger partial charge on any atom is -0.490 e. The maximum Gasteiger partial charge on any atom is 0.416 e. The summed E-state index contributed by atoms with van der Waals surface area (Å²) in [7, 11) is 0. The number of rotatable bonds is 8. The molecule has 0 heterocycles. The van der Waals surface area contributed by atoms with Gasteiger partial charge in [-0.1, -0.05) is 18.2 Å². The Hall–Kier alpha value is -3.80. The van der Waals surface area contributed by atoms with E-state index in [1.54, 1.807) is 13.0 Å². The average molecular weight is 528 g/mol. The van der Waals surface area contributed by atoms with Crippen LogP contribution >= 0.6 is 0 Å². The van der Waals surface area contributed by atoms with Crippen LogP contribution in [-0.2, 0) is 22.1 Å². The standard InChI is InChI=1S/C25H22F6N2O4/c1-2-37-22-10-15(5-8-21(22)35)14-4-7-20(19(26)9-14)33-23(36)32-17-6-3-16(12-24(27,28)13-34)18(11-17)25(29,30)31/h3-7,9-11,34H,2,8,12-13H2,1H3,(H2,32,33,36). The number of urea groups is 1. The molecule has 0 saturated carbocycles. The number of carbonyl (C=O) groups is 2. The van der Waals surface area contributed by atoms with Crippen LogP contribution in [0.15, 0.2) is 54.3 Å². The van der Waals surface area contributed by atoms with Gasteiger partial charge in [-0.15, -0.1) is 0 Å². The number of allylic oxidation sites excluding steroid dienone is 4. The van der Waals surface area contributed by atoms with Crippen LogP contribution in [0.4, 0.5) is 42.5 Å². The van der Waals surface area contributed by atoms with Crippen molar-refractivity contribution in [3.8, 4) is 0 Å². The molecule has 0 aromatic heterocycles. The molecule has 2 amide bonds. The molecular weight excluding hydrogens is 506 g/mol. The SMILES string of the molecule is CCOC1=CC(c2ccc(NC(=O)Nc3ccc(CC(F)(F)CO)c(C(F)(F)F)c3)c(F)c2)=CCC1=O. The number of amides is 2. The molecule has 0 fully saturated rings. The number of benzene rings is 2. The molecule has 6 nitrogen and oxygen atoms in total. The molecule has 1 aliphatic carbocycles. The number of aliphatic hydroxyl groups excluding tert-OH is 1. The van der Waals surface area contributed by atoms with Crippen LogP contribution in [0.5, 0.6) is 0 Å². The number of ketones is 1. The van der Waals surface area contributed by atoms with Crippen LogP contribution in [0.3, 0.4) is 0 Å². The van der Waals surface area contributed by atoms with Gasteiger partial charge in [0.15, 0.2) is 5.76 Å². The number of halogens is 6. The van der Waals surface area contributed by atoms with Crippen LogP contribution < -0.4 is 10.6 Å². The smallest absolute Gasteiger partial charge is 0.416 e. The van der Waals surface area contributed by atoms with Gasteiger partial charge in [-0.2, -0.15) is 13.2 Å². The van der Waals surface area contributed by atoms with Crippen LogP contribution in [0.25, 0.3) is 5.57 Å². The summed E-state index contributed by atoms with van der Waals surface area (Å²) in [5, 5.41) is 12.9. The van der Waals surface area contributed by atoms with Crippen molar-refractivity contribution in [1.29, 1.82) is 0 Å². The van der Waals surface area contributed by atoms with Crippen molar-refractivity contribution < 1.29 is 45.8 Å². The molecular formula is C25H22F6N2O4. The van der Waals surface area contributed by atoms with E-state index in [1.165, 1.54) is 18.2 Å². The van der Waals surface area contributed by atoms with Crippen molar-refractivity contribution in [2.24, 2.45) is 0 Å². The molecule has 3 N–H and O–H groups in total. The molecule has 0 aliphatic heterocycles. The highest BCUT2D eigenvalue weighted by atomic mass is 19.4. The van der Waals surface area contributed by atoms with Crippen molar-refractivity contribution in [1.82, 2.24) is 0 Å². The van der Waals surface area contributed by atoms with Gasteiger partial charge in [-0.25, -0.2) is 18.0 Å². The van der Waals surface area contributed by atoms with E-state index in [0.29, 0.717) is 17.2 Å². The quantitative estimate of drug-likeness (QED) is 0.371. The van der Waals surface area contributed by atoms with Gasteiger partial charge in [-0.3, -0.25) is 4.79 Å². The largest absolute Gasteiger partial charge is 0.490 e. The number of alkyl halides is 5. The molecule has 0 spiro atoms. The number of Topliss-reactive ketones (excluding diaryl/α,β-unsaturated/α-hetero) is 1. The summed E-state index contributed by atoms with van der Waals surface area (Å²) >= 11 is 0. The highest BCUT2D eigenvalue weighted by Gasteiger charge is 2.37. The normalized spacial score (nSPS) is 14.1. The summed E-state index contributed by atoms with van der Waals surface area (Å²) in [6.07, 6.45) is -3.22. The summed E-state index contributed by atoms with van der Waals surface area (Å²) in [5.74, 6) is -4.69. The first-order valence-corrected chi connectivity index (χ1v) is 11.0. The number of hydrogen-bond donors (Lipinski definition) is 3. The maximum atomic E-state index is 14.7. The molecule has 0 bridgehead atoms. The van der Waals surface area contributed by atoms with Crippen LogP contribution in [-0.4, -0.2) is 36.1 Å². The summed E-state index contributed by atoms with van der Waals surface area (Å²) in [4.78, 5) is 24.1. The summed E-state index contributed by atoms with van der Waals surface area (Å²) in [5.41, 5.74) is -1.89. The lowest BCUT2D eigenvalue weighted by atomic mass is 9.97. The minimum atomic E-state index is -5.01. The highest BCUT2D eigenvalue weighted by Crippen LogP contribution is 2.36. The van der Waals surface area contributed by atoms with E-state index in [0.717, 1.165) is 18.2 Å². The number of anilines is 2.